The molecule has 3 rings (SSSR count). The van der Waals surface area contributed by atoms with E-state index in [0.29, 0.717) is 0 Å². The van der Waals surface area contributed by atoms with Crippen molar-refractivity contribution >= 4 is 40.6 Å². The molecule has 6 nitrogen and oxygen atoms in total. The number of piperazine rings is 1. The summed E-state index contributed by atoms with van der Waals surface area (Å²) in [7, 11) is 0. The van der Waals surface area contributed by atoms with Gasteiger partial charge in [0.25, 0.3) is 0 Å². The summed E-state index contributed by atoms with van der Waals surface area (Å²) in [6, 6.07) is 13.8. The van der Waals surface area contributed by atoms with Crippen LogP contribution in [0.25, 0.3) is 0 Å². The Hall–Kier alpha value is -2.51. The standard InChI is InChI=1S/C24H32N4O2S/c1-4-27-11-13-28(14-12-27)21-9-10-22(19(3)15-21)26-24(30)17-31-16-23(29)25-20-7-5-18(2)6-8-20/h5-10,15H,4,11-14,16-17H2,1-3H3,(H,25,29)(H,26,30). The Morgan fingerprint density at radius 1 is 0.903 bits per heavy atom. The molecule has 0 saturated carbocycles. The molecular formula is C24H32N4O2S. The molecule has 2 aromatic rings. The van der Waals surface area contributed by atoms with Crippen LogP contribution in [0.2, 0.25) is 0 Å². The van der Waals surface area contributed by atoms with Crippen LogP contribution in [0.3, 0.4) is 0 Å². The molecule has 0 aliphatic carbocycles. The average Bonchev–Trinajstić information content (AvgIpc) is 2.77. The van der Waals surface area contributed by atoms with Gasteiger partial charge in [0, 0.05) is 43.2 Å². The second kappa shape index (κ2) is 11.2. The normalized spacial score (nSPS) is 14.4. The molecule has 1 fully saturated rings. The molecule has 31 heavy (non-hydrogen) atoms. The molecule has 0 unspecified atom stereocenters. The van der Waals surface area contributed by atoms with Gasteiger partial charge in [0.1, 0.15) is 0 Å². The molecule has 0 aromatic heterocycles. The molecule has 2 N–H and O–H groups in total. The van der Waals surface area contributed by atoms with Crippen LogP contribution in [0.1, 0.15) is 18.1 Å². The number of carbonyl (C=O) groups excluding carboxylic acids is 2. The van der Waals surface area contributed by atoms with Crippen molar-refractivity contribution in [3.63, 3.8) is 0 Å². The summed E-state index contributed by atoms with van der Waals surface area (Å²) in [5.41, 5.74) is 4.99. The Labute approximate surface area is 189 Å². The largest absolute Gasteiger partial charge is 0.369 e. The highest BCUT2D eigenvalue weighted by atomic mass is 32.2. The highest BCUT2D eigenvalue weighted by molar-refractivity contribution is 8.00. The number of hydrogen-bond donors (Lipinski definition) is 2. The lowest BCUT2D eigenvalue weighted by Gasteiger charge is -2.35. The van der Waals surface area contributed by atoms with Gasteiger partial charge in [-0.25, -0.2) is 0 Å². The molecule has 2 aromatic carbocycles. The van der Waals surface area contributed by atoms with Crippen LogP contribution in [0.5, 0.6) is 0 Å². The summed E-state index contributed by atoms with van der Waals surface area (Å²) in [5.74, 6) is 0.274. The van der Waals surface area contributed by atoms with Crippen molar-refractivity contribution in [3.8, 4) is 0 Å². The number of nitrogens with one attached hydrogen (secondary N) is 2. The number of hydrogen-bond acceptors (Lipinski definition) is 5. The van der Waals surface area contributed by atoms with E-state index in [9.17, 15) is 9.59 Å². The first-order chi connectivity index (χ1) is 14.9. The predicted molar refractivity (Wildman–Crippen MR) is 131 cm³/mol. The smallest absolute Gasteiger partial charge is 0.234 e. The van der Waals surface area contributed by atoms with Crippen LogP contribution in [0, 0.1) is 13.8 Å². The van der Waals surface area contributed by atoms with Crippen molar-refractivity contribution in [2.75, 3.05) is 59.8 Å². The quantitative estimate of drug-likeness (QED) is 0.654. The van der Waals surface area contributed by atoms with E-state index in [1.807, 2.05) is 44.2 Å². The van der Waals surface area contributed by atoms with Gasteiger partial charge in [-0.2, -0.15) is 0 Å². The van der Waals surface area contributed by atoms with Gasteiger partial charge >= 0.3 is 0 Å². The highest BCUT2D eigenvalue weighted by Gasteiger charge is 2.16. The molecular weight excluding hydrogens is 408 g/mol. The topological polar surface area (TPSA) is 64.7 Å². The molecule has 1 aliphatic rings. The molecule has 0 spiro atoms. The maximum atomic E-state index is 12.3. The molecule has 0 atom stereocenters. The third-order valence-electron chi connectivity index (χ3n) is 5.47. The van der Waals surface area contributed by atoms with E-state index in [2.05, 4.69) is 39.5 Å². The SMILES string of the molecule is CCN1CCN(c2ccc(NC(=O)CSCC(=O)Nc3ccc(C)cc3)c(C)c2)CC1. The summed E-state index contributed by atoms with van der Waals surface area (Å²) in [6.07, 6.45) is 0. The molecule has 166 valence electrons. The fourth-order valence-electron chi connectivity index (χ4n) is 3.56. The van der Waals surface area contributed by atoms with E-state index in [0.717, 1.165) is 55.2 Å². The number of nitrogens with zero attached hydrogens (tertiary/aromatic N) is 2. The zero-order valence-corrected chi connectivity index (χ0v) is 19.4. The molecule has 7 heteroatoms. The van der Waals surface area contributed by atoms with Gasteiger partial charge in [0.2, 0.25) is 11.8 Å². The Balaban J connectivity index is 1.42. The van der Waals surface area contributed by atoms with Gasteiger partial charge in [0.15, 0.2) is 0 Å². The van der Waals surface area contributed by atoms with Gasteiger partial charge in [0.05, 0.1) is 11.5 Å². The number of aryl methyl sites for hydroxylation is 2. The minimum absolute atomic E-state index is 0.0967. The van der Waals surface area contributed by atoms with Gasteiger partial charge < -0.3 is 20.4 Å². The van der Waals surface area contributed by atoms with E-state index in [1.54, 1.807) is 0 Å². The highest BCUT2D eigenvalue weighted by Crippen LogP contribution is 2.24. The minimum atomic E-state index is -0.106. The second-order valence-corrected chi connectivity index (χ2v) is 8.86. The molecule has 1 heterocycles. The fourth-order valence-corrected chi connectivity index (χ4v) is 4.18. The monoisotopic (exact) mass is 440 g/mol. The Bertz CT molecular complexity index is 893. The van der Waals surface area contributed by atoms with E-state index in [1.165, 1.54) is 17.4 Å². The number of anilines is 3. The summed E-state index contributed by atoms with van der Waals surface area (Å²) in [6.45, 7) is 11.5. The first-order valence-corrected chi connectivity index (χ1v) is 11.9. The molecule has 0 radical (unpaired) electrons. The first-order valence-electron chi connectivity index (χ1n) is 10.8. The van der Waals surface area contributed by atoms with Gasteiger partial charge in [-0.3, -0.25) is 9.59 Å². The second-order valence-electron chi connectivity index (χ2n) is 7.88. The summed E-state index contributed by atoms with van der Waals surface area (Å²) in [4.78, 5) is 29.2. The van der Waals surface area contributed by atoms with Crippen molar-refractivity contribution in [3.05, 3.63) is 53.6 Å². The molecule has 2 amide bonds. The predicted octanol–water partition coefficient (Wildman–Crippen LogP) is 3.76. The first kappa shape index (κ1) is 23.2. The van der Waals surface area contributed by atoms with Gasteiger partial charge in [-0.05, 0) is 56.3 Å². The lowest BCUT2D eigenvalue weighted by Crippen LogP contribution is -2.46. The lowest BCUT2D eigenvalue weighted by molar-refractivity contribution is -0.114. The number of likely N-dealkylation sites (N-methyl/N-ethyl adjacent to an activating group) is 1. The third-order valence-corrected chi connectivity index (χ3v) is 6.40. The minimum Gasteiger partial charge on any atom is -0.369 e. The Morgan fingerprint density at radius 2 is 1.55 bits per heavy atom. The summed E-state index contributed by atoms with van der Waals surface area (Å²) >= 11 is 1.31. The number of amides is 2. The van der Waals surface area contributed by atoms with Crippen molar-refractivity contribution in [2.24, 2.45) is 0 Å². The maximum Gasteiger partial charge on any atom is 0.234 e. The Morgan fingerprint density at radius 3 is 2.16 bits per heavy atom. The van der Waals surface area contributed by atoms with E-state index >= 15 is 0 Å². The fraction of sp³-hybridized carbons (Fsp3) is 0.417. The third kappa shape index (κ3) is 7.01. The maximum absolute atomic E-state index is 12.3. The Kier molecular flexibility index (Phi) is 8.37. The number of carbonyl (C=O) groups is 2. The van der Waals surface area contributed by atoms with Crippen molar-refractivity contribution in [2.45, 2.75) is 20.8 Å². The lowest BCUT2D eigenvalue weighted by atomic mass is 10.1. The van der Waals surface area contributed by atoms with Crippen molar-refractivity contribution in [1.29, 1.82) is 0 Å². The van der Waals surface area contributed by atoms with E-state index < -0.39 is 0 Å². The van der Waals surface area contributed by atoms with Crippen molar-refractivity contribution < 1.29 is 9.59 Å². The van der Waals surface area contributed by atoms with Gasteiger partial charge in [-0.1, -0.05) is 24.6 Å². The van der Waals surface area contributed by atoms with Crippen LogP contribution in [-0.2, 0) is 9.59 Å². The molecule has 1 saturated heterocycles. The van der Waals surface area contributed by atoms with Crippen LogP contribution in [-0.4, -0.2) is 60.9 Å². The summed E-state index contributed by atoms with van der Waals surface area (Å²) in [5, 5.41) is 5.81. The zero-order chi connectivity index (χ0) is 22.2. The average molecular weight is 441 g/mol. The van der Waals surface area contributed by atoms with E-state index in [-0.39, 0.29) is 23.3 Å². The van der Waals surface area contributed by atoms with Crippen LogP contribution >= 0.6 is 11.8 Å². The van der Waals surface area contributed by atoms with E-state index in [4.69, 9.17) is 0 Å². The molecule has 0 bridgehead atoms. The van der Waals surface area contributed by atoms with Crippen LogP contribution < -0.4 is 15.5 Å². The van der Waals surface area contributed by atoms with Crippen LogP contribution in [0.4, 0.5) is 17.1 Å². The van der Waals surface area contributed by atoms with Crippen LogP contribution in [0.15, 0.2) is 42.5 Å². The number of rotatable bonds is 8. The zero-order valence-electron chi connectivity index (χ0n) is 18.6. The molecule has 1 aliphatic heterocycles. The number of benzene rings is 2. The number of thioether (sulfide) groups is 1. The van der Waals surface area contributed by atoms with Crippen molar-refractivity contribution in [1.82, 2.24) is 4.90 Å². The summed E-state index contributed by atoms with van der Waals surface area (Å²) < 4.78 is 0. The van der Waals surface area contributed by atoms with Gasteiger partial charge in [-0.15, -0.1) is 11.8 Å².